The molecule has 1 N–H and O–H groups in total. The number of phenolic OH excluding ortho intramolecular Hbond substituents is 1. The van der Waals surface area contributed by atoms with E-state index >= 15 is 0 Å². The Kier molecular flexibility index (Phi) is 9.62. The van der Waals surface area contributed by atoms with Gasteiger partial charge in [0.05, 0.1) is 0 Å². The summed E-state index contributed by atoms with van der Waals surface area (Å²) >= 11 is 0. The van der Waals surface area contributed by atoms with Gasteiger partial charge in [0.2, 0.25) is 0 Å². The molecular formula is C27H27N2OPt-. The Bertz CT molecular complexity index is 994. The number of rotatable bonds is 4. The van der Waals surface area contributed by atoms with Crippen molar-refractivity contribution < 1.29 is 26.2 Å². The smallest absolute Gasteiger partial charge is 0.115 e. The van der Waals surface area contributed by atoms with Crippen LogP contribution < -0.4 is 0 Å². The van der Waals surface area contributed by atoms with Crippen molar-refractivity contribution in [1.82, 2.24) is 9.97 Å². The summed E-state index contributed by atoms with van der Waals surface area (Å²) in [4.78, 5) is 8.75. The van der Waals surface area contributed by atoms with Crippen LogP contribution in [0.25, 0.3) is 22.5 Å². The Morgan fingerprint density at radius 1 is 0.839 bits per heavy atom. The molecule has 3 nitrogen and oxygen atoms in total. The average Bonchev–Trinajstić information content (AvgIpc) is 2.80. The van der Waals surface area contributed by atoms with Crippen molar-refractivity contribution in [2.75, 3.05) is 0 Å². The summed E-state index contributed by atoms with van der Waals surface area (Å²) in [5.41, 5.74) is 6.35. The van der Waals surface area contributed by atoms with E-state index in [-0.39, 0.29) is 21.1 Å². The third-order valence-corrected chi connectivity index (χ3v) is 4.97. The second-order valence-electron chi connectivity index (χ2n) is 7.32. The van der Waals surface area contributed by atoms with Crippen molar-refractivity contribution in [1.29, 1.82) is 0 Å². The topological polar surface area (TPSA) is 46.0 Å². The van der Waals surface area contributed by atoms with Crippen molar-refractivity contribution >= 4 is 0 Å². The second kappa shape index (κ2) is 12.2. The summed E-state index contributed by atoms with van der Waals surface area (Å²) in [6, 6.07) is 26.8. The first-order valence-electron chi connectivity index (χ1n) is 10.2. The minimum atomic E-state index is 0. The van der Waals surface area contributed by atoms with E-state index in [0.29, 0.717) is 11.7 Å². The molecule has 1 atom stereocenters. The Labute approximate surface area is 199 Å². The predicted octanol–water partition coefficient (Wildman–Crippen LogP) is 6.82. The van der Waals surface area contributed by atoms with Gasteiger partial charge in [0.25, 0.3) is 0 Å². The molecule has 31 heavy (non-hydrogen) atoms. The van der Waals surface area contributed by atoms with E-state index in [1.807, 2.05) is 48.5 Å². The molecule has 0 amide bonds. The third kappa shape index (κ3) is 7.15. The van der Waals surface area contributed by atoms with Crippen LogP contribution in [-0.4, -0.2) is 15.1 Å². The predicted molar refractivity (Wildman–Crippen MR) is 123 cm³/mol. The monoisotopic (exact) mass is 590 g/mol. The van der Waals surface area contributed by atoms with Crippen molar-refractivity contribution in [2.24, 2.45) is 0 Å². The van der Waals surface area contributed by atoms with Gasteiger partial charge in [-0.3, -0.25) is 9.97 Å². The molecule has 2 heterocycles. The molecule has 4 rings (SSSR count). The summed E-state index contributed by atoms with van der Waals surface area (Å²) < 4.78 is 0. The number of nitrogens with zero attached hydrogens (tertiary/aromatic N) is 2. The second-order valence-corrected chi connectivity index (χ2v) is 7.32. The van der Waals surface area contributed by atoms with Crippen molar-refractivity contribution in [3.63, 3.8) is 0 Å². The number of pyridine rings is 2. The molecule has 2 aromatic carbocycles. The zero-order valence-electron chi connectivity index (χ0n) is 18.0. The van der Waals surface area contributed by atoms with Crippen LogP contribution in [0.15, 0.2) is 85.2 Å². The number of benzene rings is 2. The van der Waals surface area contributed by atoms with Gasteiger partial charge in [-0.1, -0.05) is 68.3 Å². The Morgan fingerprint density at radius 3 is 1.77 bits per heavy atom. The first-order valence-corrected chi connectivity index (χ1v) is 10.2. The molecule has 2 aromatic heterocycles. The zero-order chi connectivity index (χ0) is 21.3. The van der Waals surface area contributed by atoms with Gasteiger partial charge in [0.1, 0.15) is 5.75 Å². The van der Waals surface area contributed by atoms with Crippen molar-refractivity contribution in [2.45, 2.75) is 33.1 Å². The number of aryl methyl sites for hydroxylation is 1. The van der Waals surface area contributed by atoms with Gasteiger partial charge in [-0.05, 0) is 42.2 Å². The maximum atomic E-state index is 9.01. The Hall–Kier alpha value is -2.77. The number of aromatic hydroxyl groups is 1. The molecule has 0 saturated heterocycles. The number of aromatic nitrogens is 2. The van der Waals surface area contributed by atoms with Crippen LogP contribution in [0.5, 0.6) is 5.75 Å². The van der Waals surface area contributed by atoms with Gasteiger partial charge >= 0.3 is 0 Å². The largest absolute Gasteiger partial charge is 0.508 e. The maximum Gasteiger partial charge on any atom is 0.115 e. The van der Waals surface area contributed by atoms with E-state index in [2.05, 4.69) is 48.9 Å². The molecule has 0 aliphatic heterocycles. The van der Waals surface area contributed by atoms with E-state index in [1.54, 1.807) is 24.5 Å². The quantitative estimate of drug-likeness (QED) is 0.266. The molecule has 0 radical (unpaired) electrons. The Morgan fingerprint density at radius 2 is 1.35 bits per heavy atom. The third-order valence-electron chi connectivity index (χ3n) is 4.97. The van der Waals surface area contributed by atoms with E-state index < -0.39 is 0 Å². The van der Waals surface area contributed by atoms with E-state index in [0.717, 1.165) is 28.9 Å². The molecule has 0 aliphatic rings. The molecule has 0 aliphatic carbocycles. The van der Waals surface area contributed by atoms with Gasteiger partial charge in [0.15, 0.2) is 0 Å². The SMILES string of the molecule is CCC(C)c1ccc(O)cc1.Cc1cc(-c2ccccn2)[c-]c(-c2ccccn2)c1.[Pt]. The van der Waals surface area contributed by atoms with Gasteiger partial charge in [-0.2, -0.15) is 0 Å². The van der Waals surface area contributed by atoms with E-state index in [4.69, 9.17) is 5.11 Å². The molecule has 4 heteroatoms. The fourth-order valence-corrected chi connectivity index (χ4v) is 3.07. The molecule has 0 spiro atoms. The molecule has 1 unspecified atom stereocenters. The van der Waals surface area contributed by atoms with Crippen LogP contribution in [0.3, 0.4) is 0 Å². The van der Waals surface area contributed by atoms with Crippen molar-refractivity contribution in [3.8, 4) is 28.3 Å². The summed E-state index contributed by atoms with van der Waals surface area (Å²) in [6.07, 6.45) is 4.74. The summed E-state index contributed by atoms with van der Waals surface area (Å²) in [5, 5.41) is 9.01. The summed E-state index contributed by atoms with van der Waals surface area (Å²) in [5.74, 6) is 0.938. The fraction of sp³-hybridized carbons (Fsp3) is 0.185. The number of hydrogen-bond donors (Lipinski definition) is 1. The molecule has 4 aromatic rings. The zero-order valence-corrected chi connectivity index (χ0v) is 20.3. The van der Waals surface area contributed by atoms with Crippen LogP contribution in [0.4, 0.5) is 0 Å². The van der Waals surface area contributed by atoms with E-state index in [9.17, 15) is 0 Å². The first kappa shape index (κ1) is 24.5. The average molecular weight is 591 g/mol. The standard InChI is InChI=1S/C17H13N2.C10H14O.Pt/c1-13-10-14(16-6-2-4-8-18-16)12-15(11-13)17-7-3-5-9-19-17;1-3-8(2)9-4-6-10(11)7-5-9;/h2-11H,1H3;4-8,11H,3H2,1-2H3;/q-1;;. The molecular weight excluding hydrogens is 563 g/mol. The minimum absolute atomic E-state index is 0. The van der Waals surface area contributed by atoms with Crippen LogP contribution in [-0.2, 0) is 21.1 Å². The molecule has 0 saturated carbocycles. The number of phenols is 1. The van der Waals surface area contributed by atoms with Crippen LogP contribution in [0.2, 0.25) is 0 Å². The van der Waals surface area contributed by atoms with Crippen molar-refractivity contribution in [3.05, 3.63) is 102 Å². The van der Waals surface area contributed by atoms with Crippen LogP contribution in [0.1, 0.15) is 37.3 Å². The Balaban J connectivity index is 0.000000245. The van der Waals surface area contributed by atoms with Gasteiger partial charge < -0.3 is 5.11 Å². The summed E-state index contributed by atoms with van der Waals surface area (Å²) in [6.45, 7) is 6.43. The van der Waals surface area contributed by atoms with E-state index in [1.165, 1.54) is 11.1 Å². The first-order chi connectivity index (χ1) is 14.6. The van der Waals surface area contributed by atoms with Crippen LogP contribution in [0, 0.1) is 13.0 Å². The van der Waals surface area contributed by atoms with Gasteiger partial charge in [-0.25, -0.2) is 0 Å². The fourth-order valence-electron chi connectivity index (χ4n) is 3.07. The minimum Gasteiger partial charge on any atom is -0.508 e. The maximum absolute atomic E-state index is 9.01. The molecule has 0 fully saturated rings. The van der Waals surface area contributed by atoms with Gasteiger partial charge in [-0.15, -0.1) is 23.8 Å². The number of hydrogen-bond acceptors (Lipinski definition) is 3. The molecule has 162 valence electrons. The van der Waals surface area contributed by atoms with Crippen LogP contribution >= 0.6 is 0 Å². The molecule has 0 bridgehead atoms. The normalized spacial score (nSPS) is 10.9. The summed E-state index contributed by atoms with van der Waals surface area (Å²) in [7, 11) is 0. The van der Waals surface area contributed by atoms with Gasteiger partial charge in [0, 0.05) is 44.8 Å².